The summed E-state index contributed by atoms with van der Waals surface area (Å²) in [5.74, 6) is 0. The standard InChI is InChI=1S/C13H8Cl4O/c14-7-4-9(13(17)12(16)5-7)8-2-1-3-11(15)10(8)6-18/h1-5,18H,6H2. The van der Waals surface area contributed by atoms with E-state index in [-0.39, 0.29) is 6.61 Å². The normalized spacial score (nSPS) is 10.7. The Balaban J connectivity index is 2.73. The second-order valence-corrected chi connectivity index (χ2v) is 5.30. The molecule has 0 unspecified atom stereocenters. The van der Waals surface area contributed by atoms with Crippen molar-refractivity contribution in [3.8, 4) is 11.1 Å². The summed E-state index contributed by atoms with van der Waals surface area (Å²) < 4.78 is 0. The zero-order valence-electron chi connectivity index (χ0n) is 9.05. The number of aliphatic hydroxyl groups excluding tert-OH is 1. The minimum Gasteiger partial charge on any atom is -0.392 e. The van der Waals surface area contributed by atoms with Crippen molar-refractivity contribution < 1.29 is 5.11 Å². The smallest absolute Gasteiger partial charge is 0.0702 e. The van der Waals surface area contributed by atoms with Crippen molar-refractivity contribution >= 4 is 46.4 Å². The maximum absolute atomic E-state index is 9.40. The number of hydrogen-bond donors (Lipinski definition) is 1. The Kier molecular flexibility index (Phi) is 4.41. The molecule has 5 heteroatoms. The van der Waals surface area contributed by atoms with E-state index in [2.05, 4.69) is 0 Å². The molecule has 1 nitrogen and oxygen atoms in total. The van der Waals surface area contributed by atoms with E-state index in [4.69, 9.17) is 46.4 Å². The summed E-state index contributed by atoms with van der Waals surface area (Å²) in [5, 5.41) is 11.1. The molecule has 0 atom stereocenters. The van der Waals surface area contributed by atoms with Crippen molar-refractivity contribution in [1.29, 1.82) is 0 Å². The average molecular weight is 322 g/mol. The summed E-state index contributed by atoms with van der Waals surface area (Å²) in [6, 6.07) is 8.56. The highest BCUT2D eigenvalue weighted by molar-refractivity contribution is 6.45. The molecule has 0 radical (unpaired) electrons. The van der Waals surface area contributed by atoms with E-state index in [0.717, 1.165) is 5.56 Å². The van der Waals surface area contributed by atoms with Gasteiger partial charge in [-0.3, -0.25) is 0 Å². The Morgan fingerprint density at radius 1 is 0.889 bits per heavy atom. The van der Waals surface area contributed by atoms with Crippen LogP contribution >= 0.6 is 46.4 Å². The van der Waals surface area contributed by atoms with Gasteiger partial charge in [-0.05, 0) is 23.8 Å². The van der Waals surface area contributed by atoms with Gasteiger partial charge in [-0.15, -0.1) is 0 Å². The lowest BCUT2D eigenvalue weighted by molar-refractivity contribution is 0.282. The lowest BCUT2D eigenvalue weighted by Gasteiger charge is -2.12. The highest BCUT2D eigenvalue weighted by atomic mass is 35.5. The molecule has 0 bridgehead atoms. The monoisotopic (exact) mass is 320 g/mol. The topological polar surface area (TPSA) is 20.2 Å². The summed E-state index contributed by atoms with van der Waals surface area (Å²) in [6.07, 6.45) is 0. The zero-order valence-corrected chi connectivity index (χ0v) is 12.1. The summed E-state index contributed by atoms with van der Waals surface area (Å²) in [6.45, 7) is -0.185. The van der Waals surface area contributed by atoms with Crippen molar-refractivity contribution in [2.24, 2.45) is 0 Å². The Morgan fingerprint density at radius 2 is 1.61 bits per heavy atom. The second kappa shape index (κ2) is 5.68. The third-order valence-corrected chi connectivity index (χ3v) is 3.93. The molecule has 1 N–H and O–H groups in total. The van der Waals surface area contributed by atoms with Gasteiger partial charge in [0.2, 0.25) is 0 Å². The molecule has 0 aromatic heterocycles. The van der Waals surface area contributed by atoms with Gasteiger partial charge in [-0.1, -0.05) is 58.5 Å². The SMILES string of the molecule is OCc1c(Cl)cccc1-c1cc(Cl)cc(Cl)c1Cl. The Morgan fingerprint density at radius 3 is 2.28 bits per heavy atom. The van der Waals surface area contributed by atoms with Crippen LogP contribution in [0.2, 0.25) is 20.1 Å². The predicted molar refractivity (Wildman–Crippen MR) is 77.8 cm³/mol. The van der Waals surface area contributed by atoms with Gasteiger partial charge in [0.1, 0.15) is 0 Å². The van der Waals surface area contributed by atoms with Gasteiger partial charge in [-0.2, -0.15) is 0 Å². The molecular weight excluding hydrogens is 314 g/mol. The largest absolute Gasteiger partial charge is 0.392 e. The molecule has 0 aliphatic carbocycles. The van der Waals surface area contributed by atoms with Gasteiger partial charge in [0.05, 0.1) is 16.7 Å². The fourth-order valence-corrected chi connectivity index (χ4v) is 2.66. The first kappa shape index (κ1) is 14.0. The van der Waals surface area contributed by atoms with E-state index < -0.39 is 0 Å². The van der Waals surface area contributed by atoms with E-state index in [1.807, 2.05) is 6.07 Å². The number of benzene rings is 2. The van der Waals surface area contributed by atoms with Gasteiger partial charge in [0.15, 0.2) is 0 Å². The second-order valence-electron chi connectivity index (χ2n) is 3.67. The van der Waals surface area contributed by atoms with Crippen LogP contribution in [0.5, 0.6) is 0 Å². The number of hydrogen-bond acceptors (Lipinski definition) is 1. The van der Waals surface area contributed by atoms with Crippen LogP contribution in [0.4, 0.5) is 0 Å². The van der Waals surface area contributed by atoms with E-state index >= 15 is 0 Å². The van der Waals surface area contributed by atoms with Crippen molar-refractivity contribution in [2.75, 3.05) is 0 Å². The van der Waals surface area contributed by atoms with E-state index in [0.29, 0.717) is 31.2 Å². The van der Waals surface area contributed by atoms with Gasteiger partial charge in [0.25, 0.3) is 0 Å². The lowest BCUT2D eigenvalue weighted by Crippen LogP contribution is -1.92. The lowest BCUT2D eigenvalue weighted by atomic mass is 10.00. The van der Waals surface area contributed by atoms with Crippen LogP contribution in [0.25, 0.3) is 11.1 Å². The molecule has 0 spiro atoms. The predicted octanol–water partition coefficient (Wildman–Crippen LogP) is 5.46. The molecule has 0 saturated heterocycles. The summed E-state index contributed by atoms with van der Waals surface area (Å²) in [7, 11) is 0. The molecule has 0 amide bonds. The number of aliphatic hydroxyl groups is 1. The van der Waals surface area contributed by atoms with Crippen molar-refractivity contribution in [2.45, 2.75) is 6.61 Å². The van der Waals surface area contributed by atoms with E-state index in [1.165, 1.54) is 0 Å². The zero-order chi connectivity index (χ0) is 13.3. The third kappa shape index (κ3) is 2.61. The maximum Gasteiger partial charge on any atom is 0.0702 e. The molecule has 94 valence electrons. The van der Waals surface area contributed by atoms with Crippen LogP contribution in [0.15, 0.2) is 30.3 Å². The molecule has 0 fully saturated rings. The summed E-state index contributed by atoms with van der Waals surface area (Å²) in [5.41, 5.74) is 1.97. The maximum atomic E-state index is 9.40. The van der Waals surface area contributed by atoms with Crippen molar-refractivity contribution in [3.05, 3.63) is 56.0 Å². The Bertz CT molecular complexity index is 596. The Labute approximate surface area is 125 Å². The molecule has 18 heavy (non-hydrogen) atoms. The first-order chi connectivity index (χ1) is 8.54. The molecule has 2 aromatic carbocycles. The van der Waals surface area contributed by atoms with Gasteiger partial charge >= 0.3 is 0 Å². The third-order valence-electron chi connectivity index (χ3n) is 2.56. The van der Waals surface area contributed by atoms with Gasteiger partial charge in [-0.25, -0.2) is 0 Å². The van der Waals surface area contributed by atoms with E-state index in [1.54, 1.807) is 24.3 Å². The number of rotatable bonds is 2. The van der Waals surface area contributed by atoms with Crippen molar-refractivity contribution in [3.63, 3.8) is 0 Å². The molecule has 0 aliphatic rings. The van der Waals surface area contributed by atoms with Crippen LogP contribution in [0.1, 0.15) is 5.56 Å². The van der Waals surface area contributed by atoms with Gasteiger partial charge < -0.3 is 5.11 Å². The quantitative estimate of drug-likeness (QED) is 0.728. The van der Waals surface area contributed by atoms with E-state index in [9.17, 15) is 5.11 Å². The molecule has 0 heterocycles. The fraction of sp³-hybridized carbons (Fsp3) is 0.0769. The average Bonchev–Trinajstić information content (AvgIpc) is 2.33. The Hall–Kier alpha value is -0.440. The number of halogens is 4. The fourth-order valence-electron chi connectivity index (χ4n) is 1.72. The first-order valence-electron chi connectivity index (χ1n) is 5.07. The summed E-state index contributed by atoms with van der Waals surface area (Å²) in [4.78, 5) is 0. The molecule has 0 aliphatic heterocycles. The summed E-state index contributed by atoms with van der Waals surface area (Å²) >= 11 is 24.2. The molecule has 0 saturated carbocycles. The highest BCUT2D eigenvalue weighted by Crippen LogP contribution is 2.39. The first-order valence-corrected chi connectivity index (χ1v) is 6.59. The molecular formula is C13H8Cl4O. The van der Waals surface area contributed by atoms with Gasteiger partial charge in [0, 0.05) is 21.2 Å². The van der Waals surface area contributed by atoms with Crippen LogP contribution in [-0.4, -0.2) is 5.11 Å². The minimum atomic E-state index is -0.185. The van der Waals surface area contributed by atoms with Crippen LogP contribution in [-0.2, 0) is 6.61 Å². The van der Waals surface area contributed by atoms with Crippen LogP contribution in [0.3, 0.4) is 0 Å². The van der Waals surface area contributed by atoms with Crippen LogP contribution in [0, 0.1) is 0 Å². The van der Waals surface area contributed by atoms with Crippen molar-refractivity contribution in [1.82, 2.24) is 0 Å². The minimum absolute atomic E-state index is 0.185. The van der Waals surface area contributed by atoms with Crippen LogP contribution < -0.4 is 0 Å². The highest BCUT2D eigenvalue weighted by Gasteiger charge is 2.14. The molecule has 2 aromatic rings. The molecule has 2 rings (SSSR count).